The molecule has 0 bridgehead atoms. The fourth-order valence-electron chi connectivity index (χ4n) is 1.45. The van der Waals surface area contributed by atoms with E-state index >= 15 is 0 Å². The van der Waals surface area contributed by atoms with Crippen LogP contribution in [0.5, 0.6) is 0 Å². The first-order chi connectivity index (χ1) is 7.75. The van der Waals surface area contributed by atoms with Gasteiger partial charge in [0.05, 0.1) is 10.6 Å². The SMILES string of the molecule is O=[N+]([O-])c1ccc(NNC2=NCCC2)cc1. The molecule has 0 saturated carbocycles. The largest absolute Gasteiger partial charge is 0.300 e. The molecule has 1 aliphatic rings. The number of anilines is 1. The summed E-state index contributed by atoms with van der Waals surface area (Å²) in [5.41, 5.74) is 6.79. The number of amidine groups is 1. The second kappa shape index (κ2) is 4.61. The number of non-ortho nitro benzene ring substituents is 1. The molecule has 0 saturated heterocycles. The smallest absolute Gasteiger partial charge is 0.269 e. The zero-order valence-corrected chi connectivity index (χ0v) is 8.64. The summed E-state index contributed by atoms with van der Waals surface area (Å²) in [6.07, 6.45) is 2.02. The molecule has 16 heavy (non-hydrogen) atoms. The van der Waals surface area contributed by atoms with E-state index in [1.807, 2.05) is 0 Å². The van der Waals surface area contributed by atoms with Crippen LogP contribution in [-0.4, -0.2) is 17.3 Å². The Morgan fingerprint density at radius 1 is 1.25 bits per heavy atom. The minimum atomic E-state index is -0.418. The van der Waals surface area contributed by atoms with E-state index in [9.17, 15) is 10.1 Å². The van der Waals surface area contributed by atoms with Gasteiger partial charge in [-0.3, -0.25) is 26.0 Å². The lowest BCUT2D eigenvalue weighted by molar-refractivity contribution is -0.384. The van der Waals surface area contributed by atoms with Crippen molar-refractivity contribution in [3.05, 3.63) is 34.4 Å². The summed E-state index contributed by atoms with van der Waals surface area (Å²) < 4.78 is 0. The Labute approximate surface area is 92.5 Å². The number of nitrogens with one attached hydrogen (secondary N) is 2. The number of nitrogens with zero attached hydrogens (tertiary/aromatic N) is 2. The molecule has 6 heteroatoms. The summed E-state index contributed by atoms with van der Waals surface area (Å²) in [5.74, 6) is 0.929. The first-order valence-electron chi connectivity index (χ1n) is 5.05. The number of aliphatic imine (C=N–C) groups is 1. The van der Waals surface area contributed by atoms with Gasteiger partial charge in [-0.1, -0.05) is 0 Å². The standard InChI is InChI=1S/C10H12N4O2/c15-14(16)9-5-3-8(4-6-9)12-13-10-2-1-7-11-10/h3-6,12H,1-2,7H2,(H,11,13). The zero-order valence-electron chi connectivity index (χ0n) is 8.64. The molecule has 0 amide bonds. The predicted molar refractivity (Wildman–Crippen MR) is 61.4 cm³/mol. The van der Waals surface area contributed by atoms with Crippen molar-refractivity contribution in [1.29, 1.82) is 0 Å². The normalized spacial score (nSPS) is 14.4. The molecule has 0 aliphatic carbocycles. The number of hydrogen-bond donors (Lipinski definition) is 2. The van der Waals surface area contributed by atoms with Gasteiger partial charge in [-0.2, -0.15) is 0 Å². The van der Waals surface area contributed by atoms with Gasteiger partial charge in [-0.05, 0) is 18.6 Å². The maximum absolute atomic E-state index is 10.4. The van der Waals surface area contributed by atoms with Gasteiger partial charge in [0.15, 0.2) is 0 Å². The molecule has 0 fully saturated rings. The molecular weight excluding hydrogens is 208 g/mol. The van der Waals surface area contributed by atoms with Crippen molar-refractivity contribution < 1.29 is 4.92 Å². The Morgan fingerprint density at radius 2 is 2.00 bits per heavy atom. The molecule has 1 aromatic rings. The second-order valence-electron chi connectivity index (χ2n) is 3.49. The molecule has 1 heterocycles. The van der Waals surface area contributed by atoms with Crippen LogP contribution in [0.4, 0.5) is 11.4 Å². The van der Waals surface area contributed by atoms with Crippen molar-refractivity contribution in [2.24, 2.45) is 4.99 Å². The molecule has 0 unspecified atom stereocenters. The van der Waals surface area contributed by atoms with Gasteiger partial charge in [0, 0.05) is 25.1 Å². The minimum Gasteiger partial charge on any atom is -0.300 e. The van der Waals surface area contributed by atoms with Crippen LogP contribution in [0.15, 0.2) is 29.3 Å². The third-order valence-electron chi connectivity index (χ3n) is 2.30. The first kappa shape index (κ1) is 10.4. The highest BCUT2D eigenvalue weighted by Crippen LogP contribution is 2.14. The lowest BCUT2D eigenvalue weighted by Crippen LogP contribution is -2.27. The number of nitro groups is 1. The molecule has 1 aromatic carbocycles. The predicted octanol–water partition coefficient (Wildman–Crippen LogP) is 1.70. The molecule has 1 aliphatic heterocycles. The average Bonchev–Trinajstić information content (AvgIpc) is 2.80. The first-order valence-corrected chi connectivity index (χ1v) is 5.05. The minimum absolute atomic E-state index is 0.0868. The molecule has 0 spiro atoms. The molecule has 0 radical (unpaired) electrons. The van der Waals surface area contributed by atoms with E-state index in [2.05, 4.69) is 15.8 Å². The maximum Gasteiger partial charge on any atom is 0.269 e. The van der Waals surface area contributed by atoms with Gasteiger partial charge in [0.25, 0.3) is 5.69 Å². The summed E-state index contributed by atoms with van der Waals surface area (Å²) in [6.45, 7) is 0.865. The molecular formula is C10H12N4O2. The van der Waals surface area contributed by atoms with E-state index in [0.717, 1.165) is 30.9 Å². The van der Waals surface area contributed by atoms with Crippen molar-refractivity contribution in [2.75, 3.05) is 12.0 Å². The fraction of sp³-hybridized carbons (Fsp3) is 0.300. The molecule has 2 N–H and O–H groups in total. The lowest BCUT2D eigenvalue weighted by atomic mass is 10.3. The molecule has 0 atom stereocenters. The summed E-state index contributed by atoms with van der Waals surface area (Å²) >= 11 is 0. The van der Waals surface area contributed by atoms with Gasteiger partial charge < -0.3 is 0 Å². The third kappa shape index (κ3) is 2.47. The lowest BCUT2D eigenvalue weighted by Gasteiger charge is -2.08. The van der Waals surface area contributed by atoms with E-state index in [-0.39, 0.29) is 5.69 Å². The highest BCUT2D eigenvalue weighted by atomic mass is 16.6. The zero-order chi connectivity index (χ0) is 11.4. The van der Waals surface area contributed by atoms with Crippen LogP contribution in [0, 0.1) is 10.1 Å². The van der Waals surface area contributed by atoms with Gasteiger partial charge in [-0.15, -0.1) is 0 Å². The van der Waals surface area contributed by atoms with Crippen molar-refractivity contribution in [3.8, 4) is 0 Å². The third-order valence-corrected chi connectivity index (χ3v) is 2.30. The highest BCUT2D eigenvalue weighted by molar-refractivity contribution is 5.84. The van der Waals surface area contributed by atoms with Gasteiger partial charge in [0.2, 0.25) is 0 Å². The fourth-order valence-corrected chi connectivity index (χ4v) is 1.45. The van der Waals surface area contributed by atoms with Crippen molar-refractivity contribution in [1.82, 2.24) is 5.43 Å². The quantitative estimate of drug-likeness (QED) is 0.600. The number of rotatable bonds is 3. The van der Waals surface area contributed by atoms with Gasteiger partial charge >= 0.3 is 0 Å². The maximum atomic E-state index is 10.4. The summed E-state index contributed by atoms with van der Waals surface area (Å²) in [6, 6.07) is 6.22. The van der Waals surface area contributed by atoms with Crippen LogP contribution >= 0.6 is 0 Å². The Balaban J connectivity index is 1.92. The molecule has 6 nitrogen and oxygen atoms in total. The van der Waals surface area contributed by atoms with E-state index < -0.39 is 4.92 Å². The highest BCUT2D eigenvalue weighted by Gasteiger charge is 2.06. The van der Waals surface area contributed by atoms with E-state index in [1.54, 1.807) is 12.1 Å². The van der Waals surface area contributed by atoms with Crippen LogP contribution < -0.4 is 10.9 Å². The van der Waals surface area contributed by atoms with Crippen LogP contribution in [0.25, 0.3) is 0 Å². The Hall–Kier alpha value is -2.11. The van der Waals surface area contributed by atoms with Gasteiger partial charge in [-0.25, -0.2) is 0 Å². The molecule has 84 valence electrons. The average molecular weight is 220 g/mol. The summed E-state index contributed by atoms with van der Waals surface area (Å²) in [7, 11) is 0. The monoisotopic (exact) mass is 220 g/mol. The van der Waals surface area contributed by atoms with Crippen LogP contribution in [0.2, 0.25) is 0 Å². The molecule has 0 aromatic heterocycles. The van der Waals surface area contributed by atoms with Crippen molar-refractivity contribution >= 4 is 17.2 Å². The molecule has 2 rings (SSSR count). The van der Waals surface area contributed by atoms with Crippen LogP contribution in [0.3, 0.4) is 0 Å². The van der Waals surface area contributed by atoms with E-state index in [4.69, 9.17) is 0 Å². The Kier molecular flexibility index (Phi) is 3.00. The van der Waals surface area contributed by atoms with Crippen LogP contribution in [-0.2, 0) is 0 Å². The second-order valence-corrected chi connectivity index (χ2v) is 3.49. The van der Waals surface area contributed by atoms with E-state index in [1.165, 1.54) is 12.1 Å². The van der Waals surface area contributed by atoms with Gasteiger partial charge in [0.1, 0.15) is 5.84 Å². The van der Waals surface area contributed by atoms with Crippen molar-refractivity contribution in [3.63, 3.8) is 0 Å². The van der Waals surface area contributed by atoms with Crippen LogP contribution in [0.1, 0.15) is 12.8 Å². The Morgan fingerprint density at radius 3 is 2.56 bits per heavy atom. The topological polar surface area (TPSA) is 79.6 Å². The number of hydrazine groups is 1. The number of benzene rings is 1. The number of hydrogen-bond acceptors (Lipinski definition) is 5. The number of nitro benzene ring substituents is 1. The Bertz CT molecular complexity index is 413. The summed E-state index contributed by atoms with van der Waals surface area (Å²) in [4.78, 5) is 14.2. The van der Waals surface area contributed by atoms with Crippen molar-refractivity contribution in [2.45, 2.75) is 12.8 Å². The summed E-state index contributed by atoms with van der Waals surface area (Å²) in [5, 5.41) is 10.4. The van der Waals surface area contributed by atoms with E-state index in [0.29, 0.717) is 0 Å².